The van der Waals surface area contributed by atoms with Crippen LogP contribution in [0.1, 0.15) is 6.42 Å². The molecule has 0 aromatic heterocycles. The molecule has 3 rings (SSSR count). The van der Waals surface area contributed by atoms with E-state index < -0.39 is 0 Å². The molecule has 0 radical (unpaired) electrons. The van der Waals surface area contributed by atoms with Crippen LogP contribution in [0.3, 0.4) is 0 Å². The van der Waals surface area contributed by atoms with Gasteiger partial charge >= 0.3 is 0 Å². The Kier molecular flexibility index (Phi) is 1.62. The van der Waals surface area contributed by atoms with Crippen molar-refractivity contribution in [2.24, 2.45) is 28.8 Å². The number of hydrogen-bond acceptors (Lipinski definition) is 3. The molecule has 3 aliphatic rings. The first kappa shape index (κ1) is 8.06. The van der Waals surface area contributed by atoms with Gasteiger partial charge in [0.15, 0.2) is 0 Å². The summed E-state index contributed by atoms with van der Waals surface area (Å²) in [6, 6.07) is 0. The van der Waals surface area contributed by atoms with Crippen molar-refractivity contribution < 1.29 is 9.94 Å². The van der Waals surface area contributed by atoms with Gasteiger partial charge in [-0.05, 0) is 24.2 Å². The number of rotatable bonds is 0. The molecule has 0 aromatic carbocycles. The van der Waals surface area contributed by atoms with Crippen LogP contribution in [-0.4, -0.2) is 29.5 Å². The van der Waals surface area contributed by atoms with Crippen LogP contribution >= 0.6 is 11.6 Å². The lowest BCUT2D eigenvalue weighted by atomic mass is 9.80. The molecule has 3 nitrogen and oxygen atoms in total. The maximum Gasteiger partial charge on any atom is 0.0786 e. The molecule has 1 unspecified atom stereocenters. The molecule has 1 heterocycles. The number of nitrogens with zero attached hydrogens (tertiary/aromatic N) is 1. The molecule has 1 aliphatic heterocycles. The van der Waals surface area contributed by atoms with Crippen molar-refractivity contribution in [1.82, 2.24) is 0 Å². The number of ether oxygens (including phenoxy) is 1. The Labute approximate surface area is 81.7 Å². The van der Waals surface area contributed by atoms with Crippen molar-refractivity contribution in [3.8, 4) is 0 Å². The zero-order valence-electron chi connectivity index (χ0n) is 7.19. The average molecular weight is 202 g/mol. The van der Waals surface area contributed by atoms with Crippen LogP contribution in [0.4, 0.5) is 0 Å². The highest BCUT2D eigenvalue weighted by Crippen LogP contribution is 2.54. The summed E-state index contributed by atoms with van der Waals surface area (Å²) in [5, 5.41) is 12.1. The van der Waals surface area contributed by atoms with Crippen LogP contribution in [0.5, 0.6) is 0 Å². The SMILES string of the molecule is O/N=C1\C(Cl)[C@H]2C[C@H]1[C@@H]1COC[C@@H]12. The first-order valence-electron chi connectivity index (χ1n) is 4.76. The molecule has 72 valence electrons. The Morgan fingerprint density at radius 1 is 1.31 bits per heavy atom. The Bertz CT molecular complexity index is 268. The molecular formula is C9H12ClNO2. The largest absolute Gasteiger partial charge is 0.411 e. The smallest absolute Gasteiger partial charge is 0.0786 e. The summed E-state index contributed by atoms with van der Waals surface area (Å²) in [7, 11) is 0. The number of halogens is 1. The lowest BCUT2D eigenvalue weighted by Crippen LogP contribution is -2.35. The van der Waals surface area contributed by atoms with E-state index in [0.717, 1.165) is 25.3 Å². The van der Waals surface area contributed by atoms with Gasteiger partial charge in [-0.3, -0.25) is 0 Å². The molecule has 5 atom stereocenters. The minimum atomic E-state index is -0.0436. The molecule has 0 aromatic rings. The van der Waals surface area contributed by atoms with Crippen LogP contribution < -0.4 is 0 Å². The zero-order chi connectivity index (χ0) is 9.00. The van der Waals surface area contributed by atoms with Gasteiger partial charge in [0.1, 0.15) is 0 Å². The van der Waals surface area contributed by atoms with Gasteiger partial charge in [0.05, 0.1) is 24.3 Å². The second-order valence-corrected chi connectivity index (χ2v) is 4.77. The van der Waals surface area contributed by atoms with Crippen LogP contribution in [0.25, 0.3) is 0 Å². The maximum absolute atomic E-state index is 8.84. The summed E-state index contributed by atoms with van der Waals surface area (Å²) in [5.41, 5.74) is 0.804. The fourth-order valence-corrected chi connectivity index (χ4v) is 3.81. The molecule has 1 saturated heterocycles. The van der Waals surface area contributed by atoms with Gasteiger partial charge < -0.3 is 9.94 Å². The lowest BCUT2D eigenvalue weighted by molar-refractivity contribution is 0.165. The second-order valence-electron chi connectivity index (χ2n) is 4.30. The van der Waals surface area contributed by atoms with E-state index in [0.29, 0.717) is 23.7 Å². The number of fused-ring (bicyclic) bond motifs is 5. The molecule has 3 fully saturated rings. The summed E-state index contributed by atoms with van der Waals surface area (Å²) < 4.78 is 5.44. The molecular weight excluding hydrogens is 190 g/mol. The third kappa shape index (κ3) is 0.868. The number of hydrogen-bond donors (Lipinski definition) is 1. The van der Waals surface area contributed by atoms with Crippen LogP contribution in [0.2, 0.25) is 0 Å². The third-order valence-corrected chi connectivity index (χ3v) is 4.46. The summed E-state index contributed by atoms with van der Waals surface area (Å²) in [4.78, 5) is 0. The molecule has 2 aliphatic carbocycles. The monoisotopic (exact) mass is 201 g/mol. The minimum Gasteiger partial charge on any atom is -0.411 e. The van der Waals surface area contributed by atoms with Crippen molar-refractivity contribution in [3.05, 3.63) is 0 Å². The van der Waals surface area contributed by atoms with E-state index in [1.807, 2.05) is 0 Å². The Balaban J connectivity index is 1.96. The van der Waals surface area contributed by atoms with E-state index in [1.165, 1.54) is 0 Å². The fourth-order valence-electron chi connectivity index (χ4n) is 3.32. The highest BCUT2D eigenvalue weighted by Gasteiger charge is 2.58. The Hall–Kier alpha value is -0.280. The zero-order valence-corrected chi connectivity index (χ0v) is 7.94. The lowest BCUT2D eigenvalue weighted by Gasteiger charge is -2.26. The van der Waals surface area contributed by atoms with Crippen molar-refractivity contribution in [2.75, 3.05) is 13.2 Å². The predicted octanol–water partition coefficient (Wildman–Crippen LogP) is 1.34. The Morgan fingerprint density at radius 3 is 2.85 bits per heavy atom. The Morgan fingerprint density at radius 2 is 2.08 bits per heavy atom. The number of alkyl halides is 1. The summed E-state index contributed by atoms with van der Waals surface area (Å²) in [6.07, 6.45) is 1.10. The topological polar surface area (TPSA) is 41.8 Å². The molecule has 13 heavy (non-hydrogen) atoms. The van der Waals surface area contributed by atoms with Gasteiger partial charge in [-0.15, -0.1) is 11.6 Å². The normalized spacial score (nSPS) is 56.1. The van der Waals surface area contributed by atoms with Gasteiger partial charge in [0.2, 0.25) is 0 Å². The molecule has 2 saturated carbocycles. The quantitative estimate of drug-likeness (QED) is 0.365. The standard InChI is InChI=1S/C9H12ClNO2/c10-8-4-1-5(9(8)11-12)7-3-13-2-6(4)7/h4-8,12H,1-3H2/b11-9-/t4-,5-,6+,7-,8?/m0/s1. The third-order valence-electron chi connectivity index (χ3n) is 3.92. The summed E-state index contributed by atoms with van der Waals surface area (Å²) in [5.74, 6) is 2.08. The van der Waals surface area contributed by atoms with Crippen molar-refractivity contribution in [2.45, 2.75) is 11.8 Å². The molecule has 0 amide bonds. The van der Waals surface area contributed by atoms with E-state index in [4.69, 9.17) is 21.5 Å². The van der Waals surface area contributed by atoms with E-state index in [9.17, 15) is 0 Å². The fraction of sp³-hybridized carbons (Fsp3) is 0.889. The van der Waals surface area contributed by atoms with Gasteiger partial charge in [-0.25, -0.2) is 0 Å². The first-order valence-corrected chi connectivity index (χ1v) is 5.20. The first-order chi connectivity index (χ1) is 6.33. The molecule has 4 heteroatoms. The van der Waals surface area contributed by atoms with E-state index in [-0.39, 0.29) is 5.38 Å². The van der Waals surface area contributed by atoms with Gasteiger partial charge in [0, 0.05) is 5.92 Å². The second kappa shape index (κ2) is 2.61. The van der Waals surface area contributed by atoms with E-state index in [2.05, 4.69) is 5.16 Å². The van der Waals surface area contributed by atoms with Crippen LogP contribution in [0.15, 0.2) is 5.16 Å². The average Bonchev–Trinajstić information content (AvgIpc) is 2.71. The van der Waals surface area contributed by atoms with Gasteiger partial charge in [-0.1, -0.05) is 5.16 Å². The summed E-state index contributed by atoms with van der Waals surface area (Å²) in [6.45, 7) is 1.68. The highest BCUT2D eigenvalue weighted by atomic mass is 35.5. The van der Waals surface area contributed by atoms with Crippen molar-refractivity contribution in [1.29, 1.82) is 0 Å². The molecule has 0 spiro atoms. The van der Waals surface area contributed by atoms with Gasteiger partial charge in [0.25, 0.3) is 0 Å². The van der Waals surface area contributed by atoms with Crippen molar-refractivity contribution in [3.63, 3.8) is 0 Å². The predicted molar refractivity (Wildman–Crippen MR) is 48.3 cm³/mol. The van der Waals surface area contributed by atoms with E-state index >= 15 is 0 Å². The van der Waals surface area contributed by atoms with E-state index in [1.54, 1.807) is 0 Å². The summed E-state index contributed by atoms with van der Waals surface area (Å²) >= 11 is 6.20. The maximum atomic E-state index is 8.84. The van der Waals surface area contributed by atoms with Crippen LogP contribution in [0, 0.1) is 23.7 Å². The highest BCUT2D eigenvalue weighted by molar-refractivity contribution is 6.33. The van der Waals surface area contributed by atoms with Crippen molar-refractivity contribution >= 4 is 17.3 Å². The number of oxime groups is 1. The van der Waals surface area contributed by atoms with Gasteiger partial charge in [-0.2, -0.15) is 0 Å². The van der Waals surface area contributed by atoms with Crippen LogP contribution in [-0.2, 0) is 4.74 Å². The molecule has 2 bridgehead atoms. The minimum absolute atomic E-state index is 0.0436. The molecule has 1 N–H and O–H groups in total.